The van der Waals surface area contributed by atoms with Crippen LogP contribution in [0.4, 0.5) is 0 Å². The lowest BCUT2D eigenvalue weighted by Crippen LogP contribution is -2.41. The molecule has 0 saturated carbocycles. The molecule has 0 amide bonds. The molecule has 0 bridgehead atoms. The normalized spacial score (nSPS) is 12.4. The van der Waals surface area contributed by atoms with Crippen LogP contribution in [0.1, 0.15) is 79.1 Å². The monoisotopic (exact) mass is 418 g/mol. The molecule has 0 saturated heterocycles. The van der Waals surface area contributed by atoms with Crippen LogP contribution in [-0.4, -0.2) is 53.9 Å². The zero-order valence-corrected chi connectivity index (χ0v) is 20.4. The first-order valence-electron chi connectivity index (χ1n) is 11.2. The number of ether oxygens (including phenoxy) is 3. The highest BCUT2D eigenvalue weighted by molar-refractivity contribution is 6.74. The molecule has 0 spiro atoms. The Balaban J connectivity index is 3.36. The summed E-state index contributed by atoms with van der Waals surface area (Å²) in [7, 11) is -1.68. The molecule has 0 N–H and O–H groups in total. The van der Waals surface area contributed by atoms with E-state index < -0.39 is 8.32 Å². The van der Waals surface area contributed by atoms with Crippen molar-refractivity contribution < 1.29 is 23.4 Å². The van der Waals surface area contributed by atoms with Crippen LogP contribution in [-0.2, 0) is 23.4 Å². The number of carbonyl (C=O) groups excluding carboxylic acids is 1. The molecule has 28 heavy (non-hydrogen) atoms. The van der Waals surface area contributed by atoms with E-state index in [0.29, 0.717) is 46.1 Å². The molecule has 0 atom stereocenters. The second kappa shape index (κ2) is 16.4. The van der Waals surface area contributed by atoms with E-state index in [4.69, 9.17) is 18.6 Å². The molecule has 0 rings (SSSR count). The summed E-state index contributed by atoms with van der Waals surface area (Å²) in [5.41, 5.74) is 0. The molecule has 0 aliphatic heterocycles. The first-order valence-corrected chi connectivity index (χ1v) is 14.1. The highest BCUT2D eigenvalue weighted by atomic mass is 28.4. The van der Waals surface area contributed by atoms with Gasteiger partial charge in [-0.25, -0.2) is 0 Å². The number of rotatable bonds is 18. The van der Waals surface area contributed by atoms with E-state index in [1.807, 2.05) is 0 Å². The van der Waals surface area contributed by atoms with Crippen molar-refractivity contribution in [2.75, 3.05) is 39.6 Å². The van der Waals surface area contributed by atoms with Crippen molar-refractivity contribution in [1.29, 1.82) is 0 Å². The topological polar surface area (TPSA) is 54.0 Å². The zero-order chi connectivity index (χ0) is 21.3. The summed E-state index contributed by atoms with van der Waals surface area (Å²) in [4.78, 5) is 11.6. The van der Waals surface area contributed by atoms with Gasteiger partial charge in [-0.05, 0) is 24.6 Å². The van der Waals surface area contributed by atoms with E-state index in [0.717, 1.165) is 12.8 Å². The molecule has 0 aromatic carbocycles. The molecule has 168 valence electrons. The van der Waals surface area contributed by atoms with Gasteiger partial charge in [-0.15, -0.1) is 0 Å². The molecule has 6 heteroatoms. The van der Waals surface area contributed by atoms with Crippen molar-refractivity contribution in [3.63, 3.8) is 0 Å². The van der Waals surface area contributed by atoms with Gasteiger partial charge in [0.15, 0.2) is 8.32 Å². The maximum Gasteiger partial charge on any atom is 0.305 e. The number of hydrogen-bond donors (Lipinski definition) is 0. The van der Waals surface area contributed by atoms with Gasteiger partial charge in [0.05, 0.1) is 33.0 Å². The molecule has 0 radical (unpaired) electrons. The van der Waals surface area contributed by atoms with Crippen LogP contribution >= 0.6 is 0 Å². The van der Waals surface area contributed by atoms with Crippen LogP contribution in [0, 0.1) is 0 Å². The van der Waals surface area contributed by atoms with Gasteiger partial charge in [-0.1, -0.05) is 66.2 Å². The first-order chi connectivity index (χ1) is 13.2. The number of unbranched alkanes of at least 4 members (excludes halogenated alkanes) is 6. The molecule has 0 heterocycles. The average molecular weight is 419 g/mol. The fraction of sp³-hybridized carbons (Fsp3) is 0.955. The summed E-state index contributed by atoms with van der Waals surface area (Å²) in [5, 5.41) is 0.224. The third-order valence-corrected chi connectivity index (χ3v) is 9.88. The Morgan fingerprint density at radius 3 is 1.82 bits per heavy atom. The number of carbonyl (C=O) groups is 1. The SMILES string of the molecule is CCCCCCCCCC(=O)OCCOCCOCCO[Si](C)(C)C(C)(C)C. The van der Waals surface area contributed by atoms with Crippen LogP contribution < -0.4 is 0 Å². The molecule has 5 nitrogen and oxygen atoms in total. The van der Waals surface area contributed by atoms with Gasteiger partial charge in [0.2, 0.25) is 0 Å². The lowest BCUT2D eigenvalue weighted by Gasteiger charge is -2.36. The van der Waals surface area contributed by atoms with Crippen LogP contribution in [0.5, 0.6) is 0 Å². The first kappa shape index (κ1) is 27.6. The van der Waals surface area contributed by atoms with E-state index in [-0.39, 0.29) is 11.0 Å². The standard InChI is InChI=1S/C22H46O5Si/c1-7-8-9-10-11-12-13-14-21(23)26-19-17-24-15-16-25-18-20-27-28(5,6)22(2,3)4/h7-20H2,1-6H3. The second-order valence-electron chi connectivity index (χ2n) is 8.93. The van der Waals surface area contributed by atoms with Gasteiger partial charge in [0.1, 0.15) is 6.61 Å². The minimum atomic E-state index is -1.68. The Hall–Kier alpha value is -0.433. The van der Waals surface area contributed by atoms with Crippen molar-refractivity contribution >= 4 is 14.3 Å². The van der Waals surface area contributed by atoms with Crippen LogP contribution in [0.25, 0.3) is 0 Å². The van der Waals surface area contributed by atoms with E-state index in [2.05, 4.69) is 40.8 Å². The Bertz CT molecular complexity index is 380. The summed E-state index contributed by atoms with van der Waals surface area (Å²) < 4.78 is 22.2. The quantitative estimate of drug-likeness (QED) is 0.162. The predicted molar refractivity (Wildman–Crippen MR) is 118 cm³/mol. The van der Waals surface area contributed by atoms with Crippen molar-refractivity contribution in [3.8, 4) is 0 Å². The Labute approximate surface area is 175 Å². The Morgan fingerprint density at radius 2 is 1.25 bits per heavy atom. The van der Waals surface area contributed by atoms with E-state index in [9.17, 15) is 4.79 Å². The summed E-state index contributed by atoms with van der Waals surface area (Å²) >= 11 is 0. The molecular weight excluding hydrogens is 372 g/mol. The van der Waals surface area contributed by atoms with Crippen LogP contribution in [0.3, 0.4) is 0 Å². The minimum absolute atomic E-state index is 0.115. The Kier molecular flexibility index (Phi) is 16.1. The third kappa shape index (κ3) is 15.5. The van der Waals surface area contributed by atoms with Crippen molar-refractivity contribution in [3.05, 3.63) is 0 Å². The summed E-state index contributed by atoms with van der Waals surface area (Å²) in [6.07, 6.45) is 8.96. The van der Waals surface area contributed by atoms with E-state index in [1.54, 1.807) is 0 Å². The summed E-state index contributed by atoms with van der Waals surface area (Å²) in [6.45, 7) is 16.4. The lowest BCUT2D eigenvalue weighted by molar-refractivity contribution is -0.145. The van der Waals surface area contributed by atoms with Crippen molar-refractivity contribution in [2.45, 2.75) is 97.2 Å². The molecule has 0 aromatic rings. The average Bonchev–Trinajstić information content (AvgIpc) is 2.61. The van der Waals surface area contributed by atoms with E-state index in [1.165, 1.54) is 32.1 Å². The zero-order valence-electron chi connectivity index (χ0n) is 19.4. The number of esters is 1. The summed E-state index contributed by atoms with van der Waals surface area (Å²) in [5.74, 6) is -0.115. The summed E-state index contributed by atoms with van der Waals surface area (Å²) in [6, 6.07) is 0. The molecule has 0 aromatic heterocycles. The predicted octanol–water partition coefficient (Wildman–Crippen LogP) is 5.73. The fourth-order valence-corrected chi connectivity index (χ4v) is 3.43. The Morgan fingerprint density at radius 1 is 0.750 bits per heavy atom. The smallest absolute Gasteiger partial charge is 0.305 e. The van der Waals surface area contributed by atoms with Crippen molar-refractivity contribution in [1.82, 2.24) is 0 Å². The maximum atomic E-state index is 11.6. The fourth-order valence-electron chi connectivity index (χ4n) is 2.41. The minimum Gasteiger partial charge on any atom is -0.463 e. The highest BCUT2D eigenvalue weighted by Gasteiger charge is 2.36. The van der Waals surface area contributed by atoms with Crippen LogP contribution in [0.2, 0.25) is 18.1 Å². The van der Waals surface area contributed by atoms with Gasteiger partial charge >= 0.3 is 5.97 Å². The highest BCUT2D eigenvalue weighted by Crippen LogP contribution is 2.36. The second-order valence-corrected chi connectivity index (χ2v) is 13.7. The number of hydrogen-bond acceptors (Lipinski definition) is 5. The molecule has 0 unspecified atom stereocenters. The largest absolute Gasteiger partial charge is 0.463 e. The third-order valence-electron chi connectivity index (χ3n) is 5.34. The van der Waals surface area contributed by atoms with Gasteiger partial charge < -0.3 is 18.6 Å². The van der Waals surface area contributed by atoms with Gasteiger partial charge in [0, 0.05) is 6.42 Å². The lowest BCUT2D eigenvalue weighted by atomic mass is 10.1. The van der Waals surface area contributed by atoms with Crippen molar-refractivity contribution in [2.24, 2.45) is 0 Å². The van der Waals surface area contributed by atoms with Gasteiger partial charge in [-0.3, -0.25) is 4.79 Å². The maximum absolute atomic E-state index is 11.6. The van der Waals surface area contributed by atoms with Crippen LogP contribution in [0.15, 0.2) is 0 Å². The van der Waals surface area contributed by atoms with Gasteiger partial charge in [-0.2, -0.15) is 0 Å². The van der Waals surface area contributed by atoms with E-state index >= 15 is 0 Å². The molecule has 0 aliphatic rings. The molecular formula is C22H46O5Si. The molecule has 0 aliphatic carbocycles. The van der Waals surface area contributed by atoms with Gasteiger partial charge in [0.25, 0.3) is 0 Å². The molecule has 0 fully saturated rings.